The van der Waals surface area contributed by atoms with E-state index in [1.165, 1.54) is 76.9 Å². The summed E-state index contributed by atoms with van der Waals surface area (Å²) in [5.74, 6) is 6.39. The van der Waals surface area contributed by atoms with Crippen LogP contribution in [-0.2, 0) is 0 Å². The molecule has 0 bridgehead atoms. The molecule has 0 aromatic carbocycles. The van der Waals surface area contributed by atoms with E-state index in [9.17, 15) is 5.11 Å². The van der Waals surface area contributed by atoms with Gasteiger partial charge in [-0.25, -0.2) is 0 Å². The first-order valence-electron chi connectivity index (χ1n) is 13.1. The summed E-state index contributed by atoms with van der Waals surface area (Å²) in [6.45, 7) is 12.3. The van der Waals surface area contributed by atoms with Crippen LogP contribution in [0.5, 0.6) is 0 Å². The van der Waals surface area contributed by atoms with Crippen LogP contribution < -0.4 is 0 Å². The van der Waals surface area contributed by atoms with Crippen molar-refractivity contribution in [3.8, 4) is 0 Å². The van der Waals surface area contributed by atoms with Gasteiger partial charge in [0.15, 0.2) is 0 Å². The lowest BCUT2D eigenvalue weighted by Gasteiger charge is -2.61. The molecular weight excluding hydrogens is 352 g/mol. The molecule has 1 nitrogen and oxygen atoms in total. The Balaban J connectivity index is 1.45. The van der Waals surface area contributed by atoms with E-state index < -0.39 is 0 Å². The average molecular weight is 401 g/mol. The number of allylic oxidation sites excluding steroid dienone is 1. The zero-order chi connectivity index (χ0) is 20.8. The van der Waals surface area contributed by atoms with Crippen LogP contribution >= 0.6 is 0 Å². The van der Waals surface area contributed by atoms with Gasteiger partial charge < -0.3 is 5.11 Å². The molecule has 9 atom stereocenters. The molecule has 0 aliphatic heterocycles. The molecule has 0 saturated heterocycles. The highest BCUT2D eigenvalue weighted by Gasteiger charge is 2.60. The van der Waals surface area contributed by atoms with Crippen molar-refractivity contribution in [2.75, 3.05) is 0 Å². The number of hydrogen-bond donors (Lipinski definition) is 1. The largest absolute Gasteiger partial charge is 0.516 e. The summed E-state index contributed by atoms with van der Waals surface area (Å²) in [6.07, 6.45) is 19.0. The second-order valence-electron chi connectivity index (χ2n) is 12.5. The molecule has 166 valence electrons. The summed E-state index contributed by atoms with van der Waals surface area (Å²) in [4.78, 5) is 0. The Kier molecular flexibility index (Phi) is 6.18. The number of aliphatic hydroxyl groups excluding tert-OH is 1. The van der Waals surface area contributed by atoms with Gasteiger partial charge in [-0.2, -0.15) is 0 Å². The second kappa shape index (κ2) is 8.23. The fourth-order valence-corrected chi connectivity index (χ4v) is 9.34. The lowest BCUT2D eigenvalue weighted by molar-refractivity contribution is -0.114. The highest BCUT2D eigenvalue weighted by Crippen LogP contribution is 2.68. The van der Waals surface area contributed by atoms with Gasteiger partial charge in [0.05, 0.1) is 6.26 Å². The molecule has 4 aliphatic carbocycles. The molecule has 29 heavy (non-hydrogen) atoms. The van der Waals surface area contributed by atoms with Gasteiger partial charge in [-0.3, -0.25) is 0 Å². The highest BCUT2D eigenvalue weighted by atomic mass is 16.2. The third-order valence-electron chi connectivity index (χ3n) is 11.4. The quantitative estimate of drug-likeness (QED) is 0.458. The maximum Gasteiger partial charge on any atom is 0.0783 e. The Morgan fingerprint density at radius 3 is 2.41 bits per heavy atom. The van der Waals surface area contributed by atoms with Gasteiger partial charge in [0.1, 0.15) is 0 Å². The van der Waals surface area contributed by atoms with Gasteiger partial charge in [0, 0.05) is 0 Å². The van der Waals surface area contributed by atoms with Crippen LogP contribution in [0.25, 0.3) is 0 Å². The van der Waals surface area contributed by atoms with E-state index in [4.69, 9.17) is 0 Å². The van der Waals surface area contributed by atoms with Gasteiger partial charge in [-0.05, 0) is 129 Å². The summed E-state index contributed by atoms with van der Waals surface area (Å²) >= 11 is 0. The molecule has 1 N–H and O–H groups in total. The molecule has 1 unspecified atom stereocenters. The highest BCUT2D eigenvalue weighted by molar-refractivity contribution is 5.09. The van der Waals surface area contributed by atoms with Crippen LogP contribution in [-0.4, -0.2) is 5.11 Å². The van der Waals surface area contributed by atoms with E-state index in [1.807, 2.05) is 0 Å². The first-order chi connectivity index (χ1) is 13.8. The van der Waals surface area contributed by atoms with Crippen molar-refractivity contribution in [1.29, 1.82) is 0 Å². The van der Waals surface area contributed by atoms with Crippen LogP contribution in [0, 0.1) is 52.3 Å². The smallest absolute Gasteiger partial charge is 0.0783 e. The van der Waals surface area contributed by atoms with Gasteiger partial charge in [-0.15, -0.1) is 0 Å². The average Bonchev–Trinajstić information content (AvgIpc) is 3.08. The van der Waals surface area contributed by atoms with Gasteiger partial charge in [0.25, 0.3) is 0 Å². The van der Waals surface area contributed by atoms with Crippen LogP contribution in [0.15, 0.2) is 11.8 Å². The second-order valence-corrected chi connectivity index (χ2v) is 12.5. The minimum absolute atomic E-state index is 0.518. The maximum atomic E-state index is 9.33. The standard InChI is InChI=1S/C28H48O/c1-19(21(3)18-29)9-10-20(2)24-13-14-25-23-12-11-22-8-6-7-16-27(22,4)26(23)15-17-28(24,25)5/h18-20,22-26,29H,6-17H2,1-5H3/t19-,20+,22?,23-,24+,25-,26-,27-,28+/m0/s1. The molecule has 0 amide bonds. The maximum absolute atomic E-state index is 9.33. The number of rotatable bonds is 5. The predicted molar refractivity (Wildman–Crippen MR) is 124 cm³/mol. The van der Waals surface area contributed by atoms with Crippen LogP contribution in [0.4, 0.5) is 0 Å². The number of aliphatic hydroxyl groups is 1. The van der Waals surface area contributed by atoms with Crippen molar-refractivity contribution in [2.45, 2.75) is 112 Å². The minimum Gasteiger partial charge on any atom is -0.516 e. The molecule has 0 radical (unpaired) electrons. The van der Waals surface area contributed by atoms with Gasteiger partial charge >= 0.3 is 0 Å². The fraction of sp³-hybridized carbons (Fsp3) is 0.929. The van der Waals surface area contributed by atoms with E-state index in [0.29, 0.717) is 16.7 Å². The Morgan fingerprint density at radius 2 is 1.66 bits per heavy atom. The van der Waals surface area contributed by atoms with Crippen molar-refractivity contribution in [2.24, 2.45) is 52.3 Å². The van der Waals surface area contributed by atoms with Gasteiger partial charge in [0.2, 0.25) is 0 Å². The van der Waals surface area contributed by atoms with E-state index >= 15 is 0 Å². The zero-order valence-electron chi connectivity index (χ0n) is 20.1. The number of fused-ring (bicyclic) bond motifs is 5. The monoisotopic (exact) mass is 400 g/mol. The van der Waals surface area contributed by atoms with E-state index in [1.54, 1.807) is 6.42 Å². The van der Waals surface area contributed by atoms with Crippen molar-refractivity contribution in [3.63, 3.8) is 0 Å². The Bertz CT molecular complexity index is 607. The molecule has 0 spiro atoms. The Labute approximate surface area is 181 Å². The summed E-state index contributed by atoms with van der Waals surface area (Å²) < 4.78 is 0. The lowest BCUT2D eigenvalue weighted by atomic mass is 9.44. The summed E-state index contributed by atoms with van der Waals surface area (Å²) in [6, 6.07) is 0. The van der Waals surface area contributed by atoms with Crippen LogP contribution in [0.3, 0.4) is 0 Å². The Hall–Kier alpha value is -0.460. The zero-order valence-corrected chi connectivity index (χ0v) is 20.1. The molecule has 4 aliphatic rings. The molecule has 4 fully saturated rings. The molecule has 1 heteroatoms. The van der Waals surface area contributed by atoms with Crippen LogP contribution in [0.2, 0.25) is 0 Å². The summed E-state index contributed by atoms with van der Waals surface area (Å²) in [5.41, 5.74) is 2.42. The van der Waals surface area contributed by atoms with E-state index in [0.717, 1.165) is 41.1 Å². The van der Waals surface area contributed by atoms with E-state index in [2.05, 4.69) is 34.6 Å². The first-order valence-corrected chi connectivity index (χ1v) is 13.1. The molecule has 0 aromatic rings. The molecular formula is C28H48O. The number of hydrogen-bond acceptors (Lipinski definition) is 1. The van der Waals surface area contributed by atoms with E-state index in [-0.39, 0.29) is 0 Å². The molecule has 4 saturated carbocycles. The molecule has 0 heterocycles. The summed E-state index contributed by atoms with van der Waals surface area (Å²) in [7, 11) is 0. The fourth-order valence-electron chi connectivity index (χ4n) is 9.34. The molecule has 0 aromatic heterocycles. The van der Waals surface area contributed by atoms with Crippen molar-refractivity contribution in [1.82, 2.24) is 0 Å². The predicted octanol–water partition coefficient (Wildman–Crippen LogP) is 8.55. The van der Waals surface area contributed by atoms with Gasteiger partial charge in [-0.1, -0.05) is 40.5 Å². The Morgan fingerprint density at radius 1 is 0.897 bits per heavy atom. The normalized spacial score (nSPS) is 47.1. The molecule has 4 rings (SSSR count). The van der Waals surface area contributed by atoms with Crippen LogP contribution in [0.1, 0.15) is 112 Å². The van der Waals surface area contributed by atoms with Crippen molar-refractivity contribution >= 4 is 0 Å². The van der Waals surface area contributed by atoms with Crippen molar-refractivity contribution < 1.29 is 5.11 Å². The first kappa shape index (κ1) is 21.8. The minimum atomic E-state index is 0.518. The SMILES string of the molecule is CC(=CO)[C@@H](C)CC[C@@H](C)[C@H]1CC[C@H]2[C@@H]3CCC4CCCC[C@]4(C)[C@H]3CC[C@]12C. The third kappa shape index (κ3) is 3.61. The lowest BCUT2D eigenvalue weighted by Crippen LogP contribution is -2.53. The summed E-state index contributed by atoms with van der Waals surface area (Å²) in [5, 5.41) is 9.33. The topological polar surface area (TPSA) is 20.2 Å². The van der Waals surface area contributed by atoms with Crippen molar-refractivity contribution in [3.05, 3.63) is 11.8 Å². The third-order valence-corrected chi connectivity index (χ3v) is 11.4.